The summed E-state index contributed by atoms with van der Waals surface area (Å²) in [6.45, 7) is 3.41. The van der Waals surface area contributed by atoms with Crippen molar-refractivity contribution < 1.29 is 22.7 Å². The van der Waals surface area contributed by atoms with E-state index in [4.69, 9.17) is 4.74 Å². The van der Waals surface area contributed by atoms with Gasteiger partial charge in [0.2, 0.25) is 0 Å². The van der Waals surface area contributed by atoms with E-state index in [1.807, 2.05) is 6.07 Å². The Labute approximate surface area is 163 Å². The highest BCUT2D eigenvalue weighted by Crippen LogP contribution is 2.14. The predicted octanol–water partition coefficient (Wildman–Crippen LogP) is 2.55. The standard InChI is InChI=1S/C19H21N3O5S/c1-3-27-18(23)12-14(2)21-22-28(25,26)17-11-7-8-15(13-17)19(24)20-16-9-5-4-6-10-16/h4-11,13,22H,3,12H2,1-2H3,(H,20,24)/b21-14-. The van der Waals surface area contributed by atoms with Gasteiger partial charge in [-0.1, -0.05) is 24.3 Å². The summed E-state index contributed by atoms with van der Waals surface area (Å²) in [7, 11) is -4.00. The van der Waals surface area contributed by atoms with Gasteiger partial charge in [-0.05, 0) is 44.2 Å². The smallest absolute Gasteiger partial charge is 0.311 e. The van der Waals surface area contributed by atoms with Crippen LogP contribution >= 0.6 is 0 Å². The molecule has 148 valence electrons. The van der Waals surface area contributed by atoms with Crippen molar-refractivity contribution in [3.63, 3.8) is 0 Å². The molecule has 0 aliphatic rings. The van der Waals surface area contributed by atoms with Gasteiger partial charge in [0, 0.05) is 17.0 Å². The Morgan fingerprint density at radius 1 is 1.07 bits per heavy atom. The quantitative estimate of drug-likeness (QED) is 0.399. The third kappa shape index (κ3) is 6.20. The molecule has 0 fully saturated rings. The van der Waals surface area contributed by atoms with Crippen LogP contribution in [0.5, 0.6) is 0 Å². The van der Waals surface area contributed by atoms with E-state index in [0.29, 0.717) is 5.69 Å². The fourth-order valence-electron chi connectivity index (χ4n) is 2.18. The first-order valence-corrected chi connectivity index (χ1v) is 9.97. The van der Waals surface area contributed by atoms with Gasteiger partial charge in [-0.15, -0.1) is 0 Å². The predicted molar refractivity (Wildman–Crippen MR) is 106 cm³/mol. The van der Waals surface area contributed by atoms with Gasteiger partial charge in [-0.3, -0.25) is 9.59 Å². The molecule has 28 heavy (non-hydrogen) atoms. The van der Waals surface area contributed by atoms with E-state index < -0.39 is 21.9 Å². The maximum absolute atomic E-state index is 12.4. The molecule has 2 rings (SSSR count). The number of esters is 1. The van der Waals surface area contributed by atoms with Crippen LogP contribution in [0.25, 0.3) is 0 Å². The molecule has 0 aliphatic carbocycles. The third-order valence-corrected chi connectivity index (χ3v) is 4.71. The number of amides is 1. The number of benzene rings is 2. The average Bonchev–Trinajstić information content (AvgIpc) is 2.67. The summed E-state index contributed by atoms with van der Waals surface area (Å²) in [5, 5.41) is 6.40. The molecule has 0 aliphatic heterocycles. The Morgan fingerprint density at radius 3 is 2.46 bits per heavy atom. The summed E-state index contributed by atoms with van der Waals surface area (Å²) in [5.74, 6) is -0.937. The summed E-state index contributed by atoms with van der Waals surface area (Å²) < 4.78 is 29.6. The van der Waals surface area contributed by atoms with Crippen LogP contribution in [-0.4, -0.2) is 32.6 Å². The number of sulfonamides is 1. The average molecular weight is 403 g/mol. The van der Waals surface area contributed by atoms with E-state index >= 15 is 0 Å². The van der Waals surface area contributed by atoms with Gasteiger partial charge in [0.05, 0.1) is 17.9 Å². The zero-order chi connectivity index (χ0) is 20.6. The maximum Gasteiger partial charge on any atom is 0.311 e. The minimum absolute atomic E-state index is 0.124. The van der Waals surface area contributed by atoms with E-state index in [9.17, 15) is 18.0 Å². The molecule has 0 heterocycles. The van der Waals surface area contributed by atoms with Crippen molar-refractivity contribution in [3.8, 4) is 0 Å². The number of nitrogens with one attached hydrogen (secondary N) is 2. The zero-order valence-electron chi connectivity index (χ0n) is 15.5. The summed E-state index contributed by atoms with van der Waals surface area (Å²) >= 11 is 0. The maximum atomic E-state index is 12.4. The molecular formula is C19H21N3O5S. The number of hydrogen-bond donors (Lipinski definition) is 2. The number of nitrogens with zero attached hydrogens (tertiary/aromatic N) is 1. The fraction of sp³-hybridized carbons (Fsp3) is 0.211. The topological polar surface area (TPSA) is 114 Å². The lowest BCUT2D eigenvalue weighted by molar-refractivity contribution is -0.141. The minimum Gasteiger partial charge on any atom is -0.466 e. The van der Waals surface area contributed by atoms with Gasteiger partial charge in [0.25, 0.3) is 15.9 Å². The number of hydrogen-bond acceptors (Lipinski definition) is 6. The highest BCUT2D eigenvalue weighted by atomic mass is 32.2. The Balaban J connectivity index is 2.10. The molecule has 0 saturated carbocycles. The van der Waals surface area contributed by atoms with Gasteiger partial charge >= 0.3 is 5.97 Å². The molecule has 0 saturated heterocycles. The summed E-state index contributed by atoms with van der Waals surface area (Å²) in [5.41, 5.74) is 1.03. The summed E-state index contributed by atoms with van der Waals surface area (Å²) in [6.07, 6.45) is -0.129. The van der Waals surface area contributed by atoms with Crippen LogP contribution in [0.3, 0.4) is 0 Å². The molecule has 0 bridgehead atoms. The lowest BCUT2D eigenvalue weighted by Gasteiger charge is -2.08. The van der Waals surface area contributed by atoms with E-state index in [1.54, 1.807) is 31.2 Å². The SMILES string of the molecule is CCOC(=O)C/C(C)=N\NS(=O)(=O)c1cccc(C(=O)Nc2ccccc2)c1. The number of para-hydroxylation sites is 1. The van der Waals surface area contributed by atoms with E-state index in [0.717, 1.165) is 0 Å². The third-order valence-electron chi connectivity index (χ3n) is 3.50. The largest absolute Gasteiger partial charge is 0.466 e. The van der Waals surface area contributed by atoms with Crippen molar-refractivity contribution in [2.24, 2.45) is 5.10 Å². The highest BCUT2D eigenvalue weighted by Gasteiger charge is 2.16. The summed E-state index contributed by atoms with van der Waals surface area (Å²) in [4.78, 5) is 25.7. The Bertz CT molecular complexity index is 972. The minimum atomic E-state index is -4.00. The number of ether oxygens (including phenoxy) is 1. The molecule has 0 atom stereocenters. The Hall–Kier alpha value is -3.20. The van der Waals surface area contributed by atoms with Crippen molar-refractivity contribution in [2.75, 3.05) is 11.9 Å². The fourth-order valence-corrected chi connectivity index (χ4v) is 3.10. The molecule has 0 aromatic heterocycles. The molecule has 1 amide bonds. The van der Waals surface area contributed by atoms with Gasteiger partial charge < -0.3 is 10.1 Å². The molecule has 9 heteroatoms. The lowest BCUT2D eigenvalue weighted by atomic mass is 10.2. The Morgan fingerprint density at radius 2 is 1.79 bits per heavy atom. The van der Waals surface area contributed by atoms with Crippen molar-refractivity contribution in [3.05, 3.63) is 60.2 Å². The second kappa shape index (κ2) is 9.65. The van der Waals surface area contributed by atoms with Crippen molar-refractivity contribution in [1.82, 2.24) is 4.83 Å². The molecule has 8 nitrogen and oxygen atoms in total. The van der Waals surface area contributed by atoms with Crippen molar-refractivity contribution in [2.45, 2.75) is 25.2 Å². The number of carbonyl (C=O) groups is 2. The Kier molecular flexibility index (Phi) is 7.28. The van der Waals surface area contributed by atoms with Gasteiger partial charge in [0.15, 0.2) is 0 Å². The van der Waals surface area contributed by atoms with Crippen LogP contribution < -0.4 is 10.1 Å². The number of rotatable bonds is 8. The number of hydrazone groups is 1. The van der Waals surface area contributed by atoms with Gasteiger partial charge in [-0.25, -0.2) is 4.83 Å². The van der Waals surface area contributed by atoms with E-state index in [-0.39, 0.29) is 29.2 Å². The van der Waals surface area contributed by atoms with Crippen LogP contribution in [-0.2, 0) is 19.6 Å². The van der Waals surface area contributed by atoms with Crippen LogP contribution in [0, 0.1) is 0 Å². The van der Waals surface area contributed by atoms with Crippen molar-refractivity contribution >= 4 is 33.3 Å². The van der Waals surface area contributed by atoms with E-state index in [1.165, 1.54) is 31.2 Å². The lowest BCUT2D eigenvalue weighted by Crippen LogP contribution is -2.21. The molecule has 2 aromatic carbocycles. The normalized spacial score (nSPS) is 11.6. The molecule has 2 aromatic rings. The second-order valence-corrected chi connectivity index (χ2v) is 7.43. The van der Waals surface area contributed by atoms with Crippen LogP contribution in [0.1, 0.15) is 30.6 Å². The zero-order valence-corrected chi connectivity index (χ0v) is 16.3. The van der Waals surface area contributed by atoms with Crippen LogP contribution in [0.15, 0.2) is 64.6 Å². The van der Waals surface area contributed by atoms with Gasteiger partial charge in [0.1, 0.15) is 0 Å². The van der Waals surface area contributed by atoms with E-state index in [2.05, 4.69) is 15.2 Å². The first kappa shape index (κ1) is 21.1. The second-order valence-electron chi connectivity index (χ2n) is 5.77. The monoisotopic (exact) mass is 403 g/mol. The molecule has 0 unspecified atom stereocenters. The number of carbonyl (C=O) groups excluding carboxylic acids is 2. The highest BCUT2D eigenvalue weighted by molar-refractivity contribution is 7.89. The number of anilines is 1. The molecule has 2 N–H and O–H groups in total. The molecular weight excluding hydrogens is 382 g/mol. The van der Waals surface area contributed by atoms with Crippen molar-refractivity contribution in [1.29, 1.82) is 0 Å². The van der Waals surface area contributed by atoms with Crippen LogP contribution in [0.4, 0.5) is 5.69 Å². The first-order chi connectivity index (χ1) is 13.3. The van der Waals surface area contributed by atoms with Crippen LogP contribution in [0.2, 0.25) is 0 Å². The molecule has 0 radical (unpaired) electrons. The first-order valence-electron chi connectivity index (χ1n) is 8.49. The molecule has 0 spiro atoms. The summed E-state index contributed by atoms with van der Waals surface area (Å²) in [6, 6.07) is 14.4. The van der Waals surface area contributed by atoms with Gasteiger partial charge in [-0.2, -0.15) is 13.5 Å².